The van der Waals surface area contributed by atoms with Gasteiger partial charge in [-0.2, -0.15) is 18.3 Å². The van der Waals surface area contributed by atoms with Gasteiger partial charge in [-0.25, -0.2) is 17.5 Å². The van der Waals surface area contributed by atoms with Crippen LogP contribution in [0.2, 0.25) is 0 Å². The molecule has 0 spiro atoms. The molecule has 2 heterocycles. The van der Waals surface area contributed by atoms with E-state index >= 15 is 0 Å². The molecule has 1 aliphatic heterocycles. The Balaban J connectivity index is 1.74. The molecule has 1 aliphatic rings. The van der Waals surface area contributed by atoms with E-state index in [1.54, 1.807) is 0 Å². The molecule has 0 saturated carbocycles. The molecule has 2 aromatic rings. The molecule has 154 valence electrons. The lowest BCUT2D eigenvalue weighted by Crippen LogP contribution is -2.28. The van der Waals surface area contributed by atoms with Crippen molar-refractivity contribution in [2.75, 3.05) is 20.3 Å². The minimum absolute atomic E-state index is 0.0289. The highest BCUT2D eigenvalue weighted by Crippen LogP contribution is 2.34. The Bertz CT molecular complexity index is 973. The maximum Gasteiger partial charge on any atom is 0.435 e. The van der Waals surface area contributed by atoms with E-state index in [-0.39, 0.29) is 48.9 Å². The number of halogens is 4. The van der Waals surface area contributed by atoms with Crippen LogP contribution in [0.4, 0.5) is 17.6 Å². The van der Waals surface area contributed by atoms with Gasteiger partial charge in [0.2, 0.25) is 10.0 Å². The van der Waals surface area contributed by atoms with Crippen LogP contribution in [0.1, 0.15) is 17.0 Å². The van der Waals surface area contributed by atoms with E-state index in [1.165, 1.54) is 19.2 Å². The number of nitrogens with one attached hydrogen (secondary N) is 1. The second-order valence-electron chi connectivity index (χ2n) is 5.99. The maximum absolute atomic E-state index is 13.7. The first-order chi connectivity index (χ1) is 13.1. The number of aromatic nitrogens is 2. The third-order valence-corrected chi connectivity index (χ3v) is 5.67. The summed E-state index contributed by atoms with van der Waals surface area (Å²) in [4.78, 5) is -0.322. The summed E-state index contributed by atoms with van der Waals surface area (Å²) in [6.45, 7) is -0.271. The fraction of sp³-hybridized carbons (Fsp3) is 0.438. The monoisotopic (exact) mass is 423 g/mol. The Kier molecular flexibility index (Phi) is 5.64. The van der Waals surface area contributed by atoms with Crippen LogP contribution in [-0.4, -0.2) is 38.5 Å². The van der Waals surface area contributed by atoms with Crippen molar-refractivity contribution >= 4 is 10.0 Å². The second-order valence-corrected chi connectivity index (χ2v) is 7.76. The summed E-state index contributed by atoms with van der Waals surface area (Å²) in [5.74, 6) is -0.953. The molecule has 0 radical (unpaired) electrons. The molecule has 1 aromatic carbocycles. The molecule has 0 aliphatic carbocycles. The Morgan fingerprint density at radius 2 is 2.11 bits per heavy atom. The molecule has 7 nitrogen and oxygen atoms in total. The first kappa shape index (κ1) is 20.6. The van der Waals surface area contributed by atoms with Crippen LogP contribution in [-0.2, 0) is 40.5 Å². The van der Waals surface area contributed by atoms with E-state index in [0.717, 1.165) is 10.7 Å². The summed E-state index contributed by atoms with van der Waals surface area (Å²) in [6, 6.07) is 3.14. The third-order valence-electron chi connectivity index (χ3n) is 4.21. The molecule has 0 saturated heterocycles. The molecule has 0 fully saturated rings. The molecule has 0 bridgehead atoms. The van der Waals surface area contributed by atoms with E-state index in [2.05, 4.69) is 9.82 Å². The van der Waals surface area contributed by atoms with Crippen molar-refractivity contribution in [2.45, 2.75) is 30.6 Å². The molecule has 28 heavy (non-hydrogen) atoms. The second kappa shape index (κ2) is 7.68. The quantitative estimate of drug-likeness (QED) is 0.720. The fourth-order valence-corrected chi connectivity index (χ4v) is 3.94. The lowest BCUT2D eigenvalue weighted by Gasteiger charge is -2.15. The maximum atomic E-state index is 13.7. The SMILES string of the molecule is COc1ccc(S(=O)(=O)NCCn2nc(C(F)(F)F)c3c2CCOC3)cc1F. The summed E-state index contributed by atoms with van der Waals surface area (Å²) in [6.07, 6.45) is -4.38. The number of methoxy groups -OCH3 is 1. The molecule has 12 heteroatoms. The van der Waals surface area contributed by atoms with Gasteiger partial charge in [-0.15, -0.1) is 0 Å². The lowest BCUT2D eigenvalue weighted by molar-refractivity contribution is -0.142. The van der Waals surface area contributed by atoms with Gasteiger partial charge in [-0.05, 0) is 18.2 Å². The van der Waals surface area contributed by atoms with Crippen LogP contribution in [0.5, 0.6) is 5.75 Å². The smallest absolute Gasteiger partial charge is 0.435 e. The highest BCUT2D eigenvalue weighted by atomic mass is 32.2. The highest BCUT2D eigenvalue weighted by Gasteiger charge is 2.39. The first-order valence-corrected chi connectivity index (χ1v) is 9.68. The van der Waals surface area contributed by atoms with Gasteiger partial charge in [0.05, 0.1) is 31.8 Å². The Morgan fingerprint density at radius 1 is 1.36 bits per heavy atom. The van der Waals surface area contributed by atoms with Crippen LogP contribution in [0.15, 0.2) is 23.1 Å². The van der Waals surface area contributed by atoms with Crippen LogP contribution < -0.4 is 9.46 Å². The molecule has 0 atom stereocenters. The van der Waals surface area contributed by atoms with E-state index in [1.807, 2.05) is 0 Å². The predicted octanol–water partition coefficient (Wildman–Crippen LogP) is 2.10. The standard InChI is InChI=1S/C16H17F4N3O4S/c1-26-14-3-2-10(8-12(14)17)28(24,25)21-5-6-23-13-4-7-27-9-11(13)15(22-23)16(18,19)20/h2-3,8,21H,4-7,9H2,1H3. The van der Waals surface area contributed by atoms with Crippen molar-refractivity contribution in [1.82, 2.24) is 14.5 Å². The number of alkyl halides is 3. The molecule has 0 amide bonds. The Hall–Kier alpha value is -2.18. The number of nitrogens with zero attached hydrogens (tertiary/aromatic N) is 2. The molecule has 3 rings (SSSR count). The number of sulfonamides is 1. The van der Waals surface area contributed by atoms with Gasteiger partial charge >= 0.3 is 6.18 Å². The lowest BCUT2D eigenvalue weighted by atomic mass is 10.1. The van der Waals surface area contributed by atoms with Gasteiger partial charge in [-0.1, -0.05) is 0 Å². The van der Waals surface area contributed by atoms with Crippen LogP contribution in [0.25, 0.3) is 0 Å². The zero-order valence-corrected chi connectivity index (χ0v) is 15.5. The van der Waals surface area contributed by atoms with Crippen molar-refractivity contribution < 1.29 is 35.5 Å². The highest BCUT2D eigenvalue weighted by molar-refractivity contribution is 7.89. The van der Waals surface area contributed by atoms with Gasteiger partial charge < -0.3 is 9.47 Å². The summed E-state index contributed by atoms with van der Waals surface area (Å²) < 4.78 is 90.9. The van der Waals surface area contributed by atoms with Crippen molar-refractivity contribution in [3.63, 3.8) is 0 Å². The van der Waals surface area contributed by atoms with Gasteiger partial charge in [0.15, 0.2) is 17.3 Å². The minimum atomic E-state index is -4.63. The normalized spacial score (nSPS) is 14.8. The number of rotatable bonds is 6. The molecule has 1 aromatic heterocycles. The first-order valence-electron chi connectivity index (χ1n) is 8.20. The average molecular weight is 423 g/mol. The topological polar surface area (TPSA) is 82.5 Å². The summed E-state index contributed by atoms with van der Waals surface area (Å²) in [5, 5.41) is 3.59. The van der Waals surface area contributed by atoms with Gasteiger partial charge in [0.25, 0.3) is 0 Å². The van der Waals surface area contributed by atoms with Gasteiger partial charge in [0.1, 0.15) is 0 Å². The predicted molar refractivity (Wildman–Crippen MR) is 88.7 cm³/mol. The Labute approximate surface area is 158 Å². The molecule has 1 N–H and O–H groups in total. The minimum Gasteiger partial charge on any atom is -0.494 e. The Morgan fingerprint density at radius 3 is 2.75 bits per heavy atom. The van der Waals surface area contributed by atoms with E-state index in [4.69, 9.17) is 9.47 Å². The molecule has 0 unspecified atom stereocenters. The van der Waals surface area contributed by atoms with E-state index < -0.39 is 27.7 Å². The number of hydrogen-bond acceptors (Lipinski definition) is 5. The summed E-state index contributed by atoms with van der Waals surface area (Å²) in [7, 11) is -2.81. The molecular formula is C16H17F4N3O4S. The van der Waals surface area contributed by atoms with E-state index in [9.17, 15) is 26.0 Å². The number of fused-ring (bicyclic) bond motifs is 1. The summed E-state index contributed by atoms with van der Waals surface area (Å²) in [5.41, 5.74) is -0.686. The van der Waals surface area contributed by atoms with Gasteiger partial charge in [-0.3, -0.25) is 4.68 Å². The van der Waals surface area contributed by atoms with Crippen molar-refractivity contribution in [3.8, 4) is 5.75 Å². The largest absolute Gasteiger partial charge is 0.494 e. The van der Waals surface area contributed by atoms with Crippen molar-refractivity contribution in [1.29, 1.82) is 0 Å². The zero-order valence-electron chi connectivity index (χ0n) is 14.7. The van der Waals surface area contributed by atoms with Crippen molar-refractivity contribution in [3.05, 3.63) is 41.0 Å². The van der Waals surface area contributed by atoms with Crippen LogP contribution in [0.3, 0.4) is 0 Å². The number of ether oxygens (including phenoxy) is 2. The zero-order chi connectivity index (χ0) is 20.5. The summed E-state index contributed by atoms with van der Waals surface area (Å²) >= 11 is 0. The van der Waals surface area contributed by atoms with Crippen LogP contribution in [0, 0.1) is 5.82 Å². The molecular weight excluding hydrogens is 406 g/mol. The van der Waals surface area contributed by atoms with E-state index in [0.29, 0.717) is 5.69 Å². The fourth-order valence-electron chi connectivity index (χ4n) is 2.90. The van der Waals surface area contributed by atoms with Gasteiger partial charge in [0, 0.05) is 24.2 Å². The number of benzene rings is 1. The average Bonchev–Trinajstić information content (AvgIpc) is 3.01. The third kappa shape index (κ3) is 4.13. The number of hydrogen-bond donors (Lipinski definition) is 1. The van der Waals surface area contributed by atoms with Crippen LogP contribution >= 0.6 is 0 Å². The van der Waals surface area contributed by atoms with Crippen molar-refractivity contribution in [2.24, 2.45) is 0 Å².